The smallest absolute Gasteiger partial charge is 0.303 e. The molecule has 8 nitrogen and oxygen atoms in total. The summed E-state index contributed by atoms with van der Waals surface area (Å²) in [6.07, 6.45) is 2.80. The zero-order valence-corrected chi connectivity index (χ0v) is 12.9. The molecule has 2 aromatic rings. The summed E-state index contributed by atoms with van der Waals surface area (Å²) in [6, 6.07) is 1.89. The molecular weight excluding hydrogens is 298 g/mol. The Balaban J connectivity index is 1.76. The van der Waals surface area contributed by atoms with Crippen LogP contribution in [0.2, 0.25) is 0 Å². The molecule has 0 unspecified atom stereocenters. The van der Waals surface area contributed by atoms with Crippen molar-refractivity contribution in [2.45, 2.75) is 39.3 Å². The van der Waals surface area contributed by atoms with E-state index in [1.165, 1.54) is 6.33 Å². The van der Waals surface area contributed by atoms with Gasteiger partial charge in [0.1, 0.15) is 5.69 Å². The van der Waals surface area contributed by atoms with Crippen molar-refractivity contribution in [2.24, 2.45) is 0 Å². The van der Waals surface area contributed by atoms with Crippen molar-refractivity contribution in [3.63, 3.8) is 0 Å². The molecule has 1 amide bonds. The molecule has 122 valence electrons. The summed E-state index contributed by atoms with van der Waals surface area (Å²) in [6.45, 7) is 3.67. The van der Waals surface area contributed by atoms with Gasteiger partial charge in [-0.1, -0.05) is 0 Å². The van der Waals surface area contributed by atoms with E-state index in [0.29, 0.717) is 25.2 Å². The molecule has 2 N–H and O–H groups in total. The van der Waals surface area contributed by atoms with Crippen LogP contribution in [0.5, 0.6) is 0 Å². The van der Waals surface area contributed by atoms with Crippen LogP contribution < -0.4 is 0 Å². The zero-order chi connectivity index (χ0) is 16.4. The number of amides is 1. The van der Waals surface area contributed by atoms with Crippen molar-refractivity contribution in [1.29, 1.82) is 0 Å². The molecule has 3 rings (SSSR count). The monoisotopic (exact) mass is 317 g/mol. The number of H-pyrrole nitrogens is 1. The molecule has 0 radical (unpaired) electrons. The van der Waals surface area contributed by atoms with E-state index in [-0.39, 0.29) is 12.3 Å². The van der Waals surface area contributed by atoms with Crippen LogP contribution in [-0.2, 0) is 24.3 Å². The highest BCUT2D eigenvalue weighted by Gasteiger charge is 2.24. The largest absolute Gasteiger partial charge is 0.481 e. The molecule has 0 aromatic carbocycles. The first-order valence-electron chi connectivity index (χ1n) is 7.61. The number of nitrogens with zero attached hydrogens (tertiary/aromatic N) is 4. The summed E-state index contributed by atoms with van der Waals surface area (Å²) >= 11 is 0. The third kappa shape index (κ3) is 3.25. The number of carboxylic acid groups (broad SMARTS) is 1. The van der Waals surface area contributed by atoms with Crippen LogP contribution >= 0.6 is 0 Å². The number of carbonyl (C=O) groups is 2. The number of carboxylic acids is 1. The van der Waals surface area contributed by atoms with Crippen LogP contribution in [0.3, 0.4) is 0 Å². The number of carbonyl (C=O) groups excluding carboxylic acids is 1. The van der Waals surface area contributed by atoms with Gasteiger partial charge in [0.15, 0.2) is 0 Å². The van der Waals surface area contributed by atoms with Crippen LogP contribution in [0, 0.1) is 6.92 Å². The van der Waals surface area contributed by atoms with Gasteiger partial charge in [-0.05, 0) is 19.4 Å². The van der Waals surface area contributed by atoms with Crippen LogP contribution in [0.15, 0.2) is 12.4 Å². The first-order chi connectivity index (χ1) is 11.0. The van der Waals surface area contributed by atoms with Gasteiger partial charge in [0, 0.05) is 25.2 Å². The highest BCUT2D eigenvalue weighted by molar-refractivity contribution is 5.93. The molecule has 0 saturated heterocycles. The van der Waals surface area contributed by atoms with E-state index in [1.54, 1.807) is 4.90 Å². The lowest BCUT2D eigenvalue weighted by Crippen LogP contribution is -2.31. The second-order valence-electron chi connectivity index (χ2n) is 5.70. The molecular formula is C15H19N5O3. The number of hydrogen-bond acceptors (Lipinski definition) is 4. The lowest BCUT2D eigenvalue weighted by Gasteiger charge is -2.19. The predicted octanol–water partition coefficient (Wildman–Crippen LogP) is 0.978. The lowest BCUT2D eigenvalue weighted by molar-refractivity contribution is -0.136. The first-order valence-corrected chi connectivity index (χ1v) is 7.61. The van der Waals surface area contributed by atoms with Gasteiger partial charge in [-0.25, -0.2) is 4.98 Å². The highest BCUT2D eigenvalue weighted by Crippen LogP contribution is 2.17. The van der Waals surface area contributed by atoms with E-state index >= 15 is 0 Å². The Bertz CT molecular complexity index is 733. The SMILES string of the molecule is Cc1[nH]cnc1C(=O)N1CCCn2nc(CCC(=O)O)cc2C1. The Labute approximate surface area is 133 Å². The van der Waals surface area contributed by atoms with Gasteiger partial charge >= 0.3 is 5.97 Å². The van der Waals surface area contributed by atoms with E-state index in [4.69, 9.17) is 5.11 Å². The van der Waals surface area contributed by atoms with E-state index in [9.17, 15) is 9.59 Å². The van der Waals surface area contributed by atoms with E-state index in [0.717, 1.165) is 30.0 Å². The Morgan fingerprint density at radius 1 is 1.39 bits per heavy atom. The van der Waals surface area contributed by atoms with Gasteiger partial charge in [-0.15, -0.1) is 0 Å². The number of aryl methyl sites for hydroxylation is 3. The minimum atomic E-state index is -0.834. The number of nitrogens with one attached hydrogen (secondary N) is 1. The van der Waals surface area contributed by atoms with Gasteiger partial charge in [-0.2, -0.15) is 5.10 Å². The number of fused-ring (bicyclic) bond motifs is 1. The molecule has 0 atom stereocenters. The third-order valence-corrected chi connectivity index (χ3v) is 3.98. The quantitative estimate of drug-likeness (QED) is 0.874. The minimum absolute atomic E-state index is 0.0611. The van der Waals surface area contributed by atoms with Crippen molar-refractivity contribution >= 4 is 11.9 Å². The lowest BCUT2D eigenvalue weighted by atomic mass is 10.2. The van der Waals surface area contributed by atoms with Gasteiger partial charge in [0.25, 0.3) is 5.91 Å². The molecule has 1 aliphatic heterocycles. The highest BCUT2D eigenvalue weighted by atomic mass is 16.4. The standard InChI is InChI=1S/C15H19N5O3/c1-10-14(17-9-16-10)15(23)19-5-2-6-20-12(8-19)7-11(18-20)3-4-13(21)22/h7,9H,2-6,8H2,1H3,(H,16,17)(H,21,22). The maximum Gasteiger partial charge on any atom is 0.303 e. The fraction of sp³-hybridized carbons (Fsp3) is 0.467. The Hall–Kier alpha value is -2.64. The molecule has 1 aliphatic rings. The number of aromatic nitrogens is 4. The third-order valence-electron chi connectivity index (χ3n) is 3.98. The molecule has 0 fully saturated rings. The Morgan fingerprint density at radius 3 is 2.91 bits per heavy atom. The Kier molecular flexibility index (Phi) is 4.14. The summed E-state index contributed by atoms with van der Waals surface area (Å²) in [4.78, 5) is 32.1. The molecule has 2 aromatic heterocycles. The number of rotatable bonds is 4. The summed E-state index contributed by atoms with van der Waals surface area (Å²) in [5.41, 5.74) is 2.90. The summed E-state index contributed by atoms with van der Waals surface area (Å²) in [5, 5.41) is 13.2. The molecule has 3 heterocycles. The van der Waals surface area contributed by atoms with E-state index in [1.807, 2.05) is 17.7 Å². The maximum atomic E-state index is 12.6. The average molecular weight is 317 g/mol. The van der Waals surface area contributed by atoms with E-state index in [2.05, 4.69) is 15.1 Å². The second-order valence-corrected chi connectivity index (χ2v) is 5.70. The number of aliphatic carboxylic acids is 1. The fourth-order valence-corrected chi connectivity index (χ4v) is 2.78. The molecule has 0 bridgehead atoms. The van der Waals surface area contributed by atoms with Crippen molar-refractivity contribution in [2.75, 3.05) is 6.54 Å². The number of aromatic amines is 1. The average Bonchev–Trinajstić information content (AvgIpc) is 3.05. The maximum absolute atomic E-state index is 12.6. The normalized spacial score (nSPS) is 14.4. The van der Waals surface area contributed by atoms with Crippen molar-refractivity contribution in [3.05, 3.63) is 35.2 Å². The van der Waals surface area contributed by atoms with Gasteiger partial charge in [0.05, 0.1) is 30.7 Å². The molecule has 23 heavy (non-hydrogen) atoms. The van der Waals surface area contributed by atoms with Crippen LogP contribution in [0.1, 0.15) is 40.4 Å². The van der Waals surface area contributed by atoms with Crippen LogP contribution in [-0.4, -0.2) is 48.2 Å². The summed E-state index contributed by atoms with van der Waals surface area (Å²) < 4.78 is 1.88. The van der Waals surface area contributed by atoms with Gasteiger partial charge in [0.2, 0.25) is 0 Å². The van der Waals surface area contributed by atoms with Gasteiger partial charge < -0.3 is 15.0 Å². The Morgan fingerprint density at radius 2 is 2.22 bits per heavy atom. The van der Waals surface area contributed by atoms with Crippen molar-refractivity contribution in [3.8, 4) is 0 Å². The zero-order valence-electron chi connectivity index (χ0n) is 12.9. The first kappa shape index (κ1) is 15.3. The van der Waals surface area contributed by atoms with Crippen molar-refractivity contribution < 1.29 is 14.7 Å². The van der Waals surface area contributed by atoms with Gasteiger partial charge in [-0.3, -0.25) is 14.3 Å². The second kappa shape index (κ2) is 6.23. The predicted molar refractivity (Wildman–Crippen MR) is 80.9 cm³/mol. The molecule has 0 spiro atoms. The summed E-state index contributed by atoms with van der Waals surface area (Å²) in [7, 11) is 0. The number of imidazole rings is 1. The molecule has 0 aliphatic carbocycles. The molecule has 8 heteroatoms. The minimum Gasteiger partial charge on any atom is -0.481 e. The molecule has 0 saturated carbocycles. The van der Waals surface area contributed by atoms with Crippen LogP contribution in [0.25, 0.3) is 0 Å². The summed E-state index contributed by atoms with van der Waals surface area (Å²) in [5.74, 6) is -0.926. The van der Waals surface area contributed by atoms with Crippen LogP contribution in [0.4, 0.5) is 0 Å². The topological polar surface area (TPSA) is 104 Å². The fourth-order valence-electron chi connectivity index (χ4n) is 2.78. The van der Waals surface area contributed by atoms with Crippen molar-refractivity contribution in [1.82, 2.24) is 24.6 Å². The van der Waals surface area contributed by atoms with E-state index < -0.39 is 5.97 Å². The number of hydrogen-bond donors (Lipinski definition) is 2.